The summed E-state index contributed by atoms with van der Waals surface area (Å²) < 4.78 is 7.14. The minimum absolute atomic E-state index is 0.578. The molecule has 2 unspecified atom stereocenters. The number of nitrogens with zero attached hydrogens (tertiary/aromatic N) is 3. The summed E-state index contributed by atoms with van der Waals surface area (Å²) in [5.74, 6) is 2.28. The third-order valence-corrected chi connectivity index (χ3v) is 3.90. The standard InChI is InChI=1S/C15H24N4O/c1-11-6-12(2)10-18(9-11)15-14(17)7-13(8-16)19(15)4-5-20-3/h7,11-12H,4-6,9-10,17H2,1-3H3. The molecule has 5 nitrogen and oxygen atoms in total. The number of nitriles is 1. The molecule has 1 aromatic rings. The normalized spacial score (nSPS) is 22.8. The fourth-order valence-electron chi connectivity index (χ4n) is 3.25. The van der Waals surface area contributed by atoms with Crippen molar-refractivity contribution in [3.8, 4) is 6.07 Å². The topological polar surface area (TPSA) is 67.2 Å². The van der Waals surface area contributed by atoms with Crippen LogP contribution in [-0.4, -0.2) is 31.4 Å². The van der Waals surface area contributed by atoms with E-state index in [0.29, 0.717) is 36.4 Å². The van der Waals surface area contributed by atoms with Crippen molar-refractivity contribution in [2.24, 2.45) is 11.8 Å². The maximum Gasteiger partial charge on any atom is 0.133 e. The molecule has 5 heteroatoms. The Hall–Kier alpha value is -1.67. The molecule has 0 aromatic carbocycles. The van der Waals surface area contributed by atoms with Crippen LogP contribution in [0.15, 0.2) is 6.07 Å². The first-order chi connectivity index (χ1) is 9.56. The Morgan fingerprint density at radius 1 is 1.40 bits per heavy atom. The Kier molecular flexibility index (Phi) is 4.56. The highest BCUT2D eigenvalue weighted by Gasteiger charge is 2.26. The molecule has 1 aromatic heterocycles. The minimum Gasteiger partial charge on any atom is -0.396 e. The number of hydrogen-bond acceptors (Lipinski definition) is 4. The first kappa shape index (κ1) is 14.7. The van der Waals surface area contributed by atoms with Crippen LogP contribution in [0.3, 0.4) is 0 Å². The molecule has 2 N–H and O–H groups in total. The van der Waals surface area contributed by atoms with E-state index in [4.69, 9.17) is 10.5 Å². The van der Waals surface area contributed by atoms with Crippen LogP contribution in [0.4, 0.5) is 11.5 Å². The van der Waals surface area contributed by atoms with Gasteiger partial charge in [0.25, 0.3) is 0 Å². The van der Waals surface area contributed by atoms with Gasteiger partial charge in [0.1, 0.15) is 17.6 Å². The van der Waals surface area contributed by atoms with E-state index in [-0.39, 0.29) is 0 Å². The van der Waals surface area contributed by atoms with Crippen molar-refractivity contribution < 1.29 is 4.74 Å². The smallest absolute Gasteiger partial charge is 0.133 e. The number of anilines is 2. The lowest BCUT2D eigenvalue weighted by Crippen LogP contribution is -2.40. The highest BCUT2D eigenvalue weighted by molar-refractivity contribution is 5.68. The molecular formula is C15H24N4O. The summed E-state index contributed by atoms with van der Waals surface area (Å²) in [5.41, 5.74) is 7.46. The average Bonchev–Trinajstić information content (AvgIpc) is 2.71. The van der Waals surface area contributed by atoms with Crippen LogP contribution >= 0.6 is 0 Å². The first-order valence-electron chi connectivity index (χ1n) is 7.19. The van der Waals surface area contributed by atoms with Gasteiger partial charge in [0.05, 0.1) is 12.3 Å². The molecular weight excluding hydrogens is 252 g/mol. The first-order valence-corrected chi connectivity index (χ1v) is 7.19. The number of aromatic nitrogens is 1. The summed E-state index contributed by atoms with van der Waals surface area (Å²) in [7, 11) is 1.67. The second-order valence-corrected chi connectivity index (χ2v) is 5.92. The van der Waals surface area contributed by atoms with E-state index in [1.807, 2.05) is 4.57 Å². The van der Waals surface area contributed by atoms with Crippen molar-refractivity contribution in [1.82, 2.24) is 4.57 Å². The van der Waals surface area contributed by atoms with Crippen LogP contribution in [0.25, 0.3) is 0 Å². The largest absolute Gasteiger partial charge is 0.396 e. The van der Waals surface area contributed by atoms with Gasteiger partial charge in [-0.15, -0.1) is 0 Å². The molecule has 0 bridgehead atoms. The fraction of sp³-hybridized carbons (Fsp3) is 0.667. The van der Waals surface area contributed by atoms with Gasteiger partial charge in [-0.05, 0) is 24.3 Å². The Balaban J connectivity index is 2.34. The Labute approximate surface area is 120 Å². The van der Waals surface area contributed by atoms with Gasteiger partial charge >= 0.3 is 0 Å². The zero-order valence-corrected chi connectivity index (χ0v) is 12.6. The van der Waals surface area contributed by atoms with Gasteiger partial charge in [0, 0.05) is 26.7 Å². The zero-order valence-electron chi connectivity index (χ0n) is 12.6. The van der Waals surface area contributed by atoms with E-state index in [1.54, 1.807) is 13.2 Å². The number of nitrogens with two attached hydrogens (primary N) is 1. The maximum atomic E-state index is 9.27. The summed E-state index contributed by atoms with van der Waals surface area (Å²) in [5, 5.41) is 9.27. The number of methoxy groups -OCH3 is 1. The fourth-order valence-corrected chi connectivity index (χ4v) is 3.25. The van der Waals surface area contributed by atoms with E-state index in [0.717, 1.165) is 18.9 Å². The SMILES string of the molecule is COCCn1c(C#N)cc(N)c1N1CC(C)CC(C)C1. The Morgan fingerprint density at radius 3 is 2.60 bits per heavy atom. The quantitative estimate of drug-likeness (QED) is 0.914. The summed E-state index contributed by atoms with van der Waals surface area (Å²) in [6, 6.07) is 4.00. The van der Waals surface area contributed by atoms with Crippen LogP contribution in [0.1, 0.15) is 26.0 Å². The molecule has 2 heterocycles. The van der Waals surface area contributed by atoms with Gasteiger partial charge in [0.15, 0.2) is 0 Å². The molecule has 1 fully saturated rings. The number of rotatable bonds is 4. The Bertz CT molecular complexity index is 493. The van der Waals surface area contributed by atoms with Gasteiger partial charge in [0.2, 0.25) is 0 Å². The molecule has 0 amide bonds. The van der Waals surface area contributed by atoms with Crippen molar-refractivity contribution in [3.05, 3.63) is 11.8 Å². The number of piperidine rings is 1. The summed E-state index contributed by atoms with van der Waals surface area (Å²) >= 11 is 0. The molecule has 1 aliphatic heterocycles. The summed E-state index contributed by atoms with van der Waals surface area (Å²) in [6.45, 7) is 7.77. The minimum atomic E-state index is 0.578. The highest BCUT2D eigenvalue weighted by atomic mass is 16.5. The van der Waals surface area contributed by atoms with Crippen molar-refractivity contribution in [2.45, 2.75) is 26.8 Å². The van der Waals surface area contributed by atoms with Crippen LogP contribution in [-0.2, 0) is 11.3 Å². The molecule has 2 atom stereocenters. The molecule has 0 spiro atoms. The van der Waals surface area contributed by atoms with Crippen LogP contribution < -0.4 is 10.6 Å². The third kappa shape index (κ3) is 2.91. The monoisotopic (exact) mass is 276 g/mol. The van der Waals surface area contributed by atoms with E-state index in [2.05, 4.69) is 24.8 Å². The molecule has 0 radical (unpaired) electrons. The number of nitrogen functional groups attached to an aromatic ring is 1. The summed E-state index contributed by atoms with van der Waals surface area (Å²) in [4.78, 5) is 2.32. The average molecular weight is 276 g/mol. The highest BCUT2D eigenvalue weighted by Crippen LogP contribution is 2.32. The summed E-state index contributed by atoms with van der Waals surface area (Å²) in [6.07, 6.45) is 1.25. The lowest BCUT2D eigenvalue weighted by Gasteiger charge is -2.37. The van der Waals surface area contributed by atoms with Gasteiger partial charge < -0.3 is 19.9 Å². The number of ether oxygens (including phenoxy) is 1. The van der Waals surface area contributed by atoms with Crippen molar-refractivity contribution >= 4 is 11.5 Å². The van der Waals surface area contributed by atoms with E-state index >= 15 is 0 Å². The van der Waals surface area contributed by atoms with Crippen molar-refractivity contribution in [1.29, 1.82) is 5.26 Å². The number of hydrogen-bond donors (Lipinski definition) is 1. The van der Waals surface area contributed by atoms with Crippen molar-refractivity contribution in [2.75, 3.05) is 37.4 Å². The molecule has 20 heavy (non-hydrogen) atoms. The molecule has 110 valence electrons. The zero-order chi connectivity index (χ0) is 14.7. The predicted octanol–water partition coefficient (Wildman–Crippen LogP) is 2.07. The van der Waals surface area contributed by atoms with Gasteiger partial charge in [-0.1, -0.05) is 13.8 Å². The van der Waals surface area contributed by atoms with Gasteiger partial charge in [-0.2, -0.15) is 5.26 Å². The van der Waals surface area contributed by atoms with E-state index in [9.17, 15) is 5.26 Å². The van der Waals surface area contributed by atoms with Gasteiger partial charge in [-0.25, -0.2) is 0 Å². The molecule has 0 saturated carbocycles. The molecule has 0 aliphatic carbocycles. The lowest BCUT2D eigenvalue weighted by atomic mass is 9.92. The predicted molar refractivity (Wildman–Crippen MR) is 80.6 cm³/mol. The third-order valence-electron chi connectivity index (χ3n) is 3.90. The maximum absolute atomic E-state index is 9.27. The lowest BCUT2D eigenvalue weighted by molar-refractivity contribution is 0.187. The van der Waals surface area contributed by atoms with Gasteiger partial charge in [-0.3, -0.25) is 0 Å². The second-order valence-electron chi connectivity index (χ2n) is 5.92. The van der Waals surface area contributed by atoms with Crippen molar-refractivity contribution in [3.63, 3.8) is 0 Å². The molecule has 2 rings (SSSR count). The van der Waals surface area contributed by atoms with Crippen LogP contribution in [0, 0.1) is 23.2 Å². The van der Waals surface area contributed by atoms with Crippen LogP contribution in [0.5, 0.6) is 0 Å². The molecule has 1 saturated heterocycles. The van der Waals surface area contributed by atoms with E-state index in [1.165, 1.54) is 6.42 Å². The van der Waals surface area contributed by atoms with E-state index < -0.39 is 0 Å². The van der Waals surface area contributed by atoms with Crippen LogP contribution in [0.2, 0.25) is 0 Å². The molecule has 1 aliphatic rings. The second kappa shape index (κ2) is 6.19. The Morgan fingerprint density at radius 2 is 2.05 bits per heavy atom.